The molecule has 41 heavy (non-hydrogen) atoms. The molecule has 1 saturated carbocycles. The number of carbonyl (C=O) groups is 1. The van der Waals surface area contributed by atoms with Crippen LogP contribution in [0.3, 0.4) is 0 Å². The van der Waals surface area contributed by atoms with Gasteiger partial charge in [0.05, 0.1) is 19.2 Å². The number of aromatic nitrogens is 1. The third kappa shape index (κ3) is 6.25. The van der Waals surface area contributed by atoms with Gasteiger partial charge in [0.15, 0.2) is 0 Å². The standard InChI is InChI=1S/C34H41FN2O4/c1-20(33(38)39)32(22-8-9-22)24-10-7-21-12-14-29(41-30(21)16-24)23-11-13-26(25(15-23)19-37(5)34(2,3)4)27-17-31(40-6)36-18-28(27)35/h7,10-11,13,15-18,20,22,29,32H,8-9,12,14,19H2,1-6H3,(H,38,39)/t20-,29-,32?/m0/s1. The van der Waals surface area contributed by atoms with E-state index in [9.17, 15) is 9.90 Å². The molecule has 1 aromatic heterocycles. The summed E-state index contributed by atoms with van der Waals surface area (Å²) in [7, 11) is 3.60. The number of hydrogen-bond acceptors (Lipinski definition) is 5. The lowest BCUT2D eigenvalue weighted by Gasteiger charge is -2.33. The van der Waals surface area contributed by atoms with E-state index in [1.165, 1.54) is 13.3 Å². The van der Waals surface area contributed by atoms with Gasteiger partial charge in [-0.3, -0.25) is 9.69 Å². The van der Waals surface area contributed by atoms with Crippen LogP contribution in [-0.2, 0) is 17.8 Å². The molecule has 0 radical (unpaired) electrons. The van der Waals surface area contributed by atoms with Gasteiger partial charge in [0.1, 0.15) is 17.7 Å². The highest BCUT2D eigenvalue weighted by Crippen LogP contribution is 2.48. The Bertz CT molecular complexity index is 1430. The van der Waals surface area contributed by atoms with Crippen molar-refractivity contribution in [2.75, 3.05) is 14.2 Å². The molecule has 1 N–H and O–H groups in total. The number of halogens is 1. The molecule has 0 amide bonds. The van der Waals surface area contributed by atoms with Crippen LogP contribution in [0.4, 0.5) is 4.39 Å². The van der Waals surface area contributed by atoms with Gasteiger partial charge in [0, 0.05) is 23.7 Å². The number of fused-ring (bicyclic) bond motifs is 1. The molecule has 3 aromatic rings. The number of methoxy groups -OCH3 is 1. The fourth-order valence-corrected chi connectivity index (χ4v) is 5.84. The van der Waals surface area contributed by atoms with Crippen molar-refractivity contribution in [3.8, 4) is 22.8 Å². The number of hydrogen-bond donors (Lipinski definition) is 1. The number of pyridine rings is 1. The fraction of sp³-hybridized carbons (Fsp3) is 0.471. The smallest absolute Gasteiger partial charge is 0.306 e. The Hall–Kier alpha value is -3.45. The van der Waals surface area contributed by atoms with Gasteiger partial charge in [-0.25, -0.2) is 9.37 Å². The van der Waals surface area contributed by atoms with Crippen LogP contribution in [0.5, 0.6) is 11.6 Å². The van der Waals surface area contributed by atoms with Crippen LogP contribution in [-0.4, -0.2) is 40.7 Å². The zero-order valence-corrected chi connectivity index (χ0v) is 24.9. The second-order valence-electron chi connectivity index (χ2n) is 12.7. The molecule has 1 unspecified atom stereocenters. The largest absolute Gasteiger partial charge is 0.485 e. The first-order valence-corrected chi connectivity index (χ1v) is 14.5. The van der Waals surface area contributed by atoms with Gasteiger partial charge < -0.3 is 14.6 Å². The molecular formula is C34H41FN2O4. The molecule has 3 atom stereocenters. The maximum Gasteiger partial charge on any atom is 0.306 e. The number of carboxylic acids is 1. The second kappa shape index (κ2) is 11.4. The van der Waals surface area contributed by atoms with Gasteiger partial charge in [-0.1, -0.05) is 37.3 Å². The van der Waals surface area contributed by atoms with E-state index in [4.69, 9.17) is 9.47 Å². The van der Waals surface area contributed by atoms with Crippen LogP contribution >= 0.6 is 0 Å². The van der Waals surface area contributed by atoms with Crippen molar-refractivity contribution < 1.29 is 23.8 Å². The van der Waals surface area contributed by atoms with Crippen molar-refractivity contribution in [2.45, 2.75) is 77.5 Å². The van der Waals surface area contributed by atoms with Crippen molar-refractivity contribution in [2.24, 2.45) is 11.8 Å². The first kappa shape index (κ1) is 29.1. The lowest BCUT2D eigenvalue weighted by Crippen LogP contribution is -2.37. The normalized spacial score (nSPS) is 18.4. The van der Waals surface area contributed by atoms with E-state index in [1.807, 2.05) is 19.1 Å². The fourth-order valence-electron chi connectivity index (χ4n) is 5.84. The molecule has 6 nitrogen and oxygen atoms in total. The monoisotopic (exact) mass is 560 g/mol. The van der Waals surface area contributed by atoms with Crippen LogP contribution in [0.2, 0.25) is 0 Å². The van der Waals surface area contributed by atoms with Crippen molar-refractivity contribution >= 4 is 5.97 Å². The molecule has 0 saturated heterocycles. The van der Waals surface area contributed by atoms with E-state index < -0.39 is 17.7 Å². The Balaban J connectivity index is 1.48. The van der Waals surface area contributed by atoms with Crippen LogP contribution in [0, 0.1) is 17.7 Å². The minimum atomic E-state index is -0.755. The van der Waals surface area contributed by atoms with Crippen molar-refractivity contribution in [3.63, 3.8) is 0 Å². The topological polar surface area (TPSA) is 71.9 Å². The Morgan fingerprint density at radius 2 is 1.90 bits per heavy atom. The maximum absolute atomic E-state index is 15.0. The van der Waals surface area contributed by atoms with Crippen LogP contribution in [0.15, 0.2) is 48.7 Å². The van der Waals surface area contributed by atoms with Crippen LogP contribution in [0.25, 0.3) is 11.1 Å². The molecule has 1 aliphatic heterocycles. The molecule has 0 bridgehead atoms. The first-order valence-electron chi connectivity index (χ1n) is 14.5. The van der Waals surface area contributed by atoms with Crippen LogP contribution < -0.4 is 9.47 Å². The van der Waals surface area contributed by atoms with Gasteiger partial charge >= 0.3 is 5.97 Å². The average molecular weight is 561 g/mol. The van der Waals surface area contributed by atoms with Gasteiger partial charge in [0.2, 0.25) is 5.88 Å². The Morgan fingerprint density at radius 3 is 2.56 bits per heavy atom. The highest BCUT2D eigenvalue weighted by Gasteiger charge is 2.39. The highest BCUT2D eigenvalue weighted by molar-refractivity contribution is 5.71. The lowest BCUT2D eigenvalue weighted by atomic mass is 9.82. The zero-order valence-electron chi connectivity index (χ0n) is 24.9. The predicted octanol–water partition coefficient (Wildman–Crippen LogP) is 7.41. The minimum absolute atomic E-state index is 0.00662. The Labute approximate surface area is 242 Å². The lowest BCUT2D eigenvalue weighted by molar-refractivity contribution is -0.142. The number of carboxylic acid groups (broad SMARTS) is 1. The van der Waals surface area contributed by atoms with Gasteiger partial charge in [-0.15, -0.1) is 0 Å². The SMILES string of the molecule is COc1cc(-c2ccc([C@@H]3CCc4ccc(C(C5CC5)[C@H](C)C(=O)O)cc4O3)cc2CN(C)C(C)(C)C)c(F)cn1. The minimum Gasteiger partial charge on any atom is -0.485 e. The molecule has 7 heteroatoms. The van der Waals surface area contributed by atoms with E-state index in [-0.39, 0.29) is 17.6 Å². The summed E-state index contributed by atoms with van der Waals surface area (Å²) in [6.45, 7) is 8.91. The molecule has 1 fully saturated rings. The summed E-state index contributed by atoms with van der Waals surface area (Å²) in [5.74, 6) is 0.0224. The molecule has 218 valence electrons. The third-order valence-corrected chi connectivity index (χ3v) is 8.86. The zero-order chi connectivity index (χ0) is 29.5. The van der Waals surface area contributed by atoms with Gasteiger partial charge in [-0.05, 0) is 99.2 Å². The molecule has 0 spiro atoms. The van der Waals surface area contributed by atoms with Crippen LogP contribution in [0.1, 0.15) is 81.2 Å². The van der Waals surface area contributed by atoms with Crippen molar-refractivity contribution in [1.29, 1.82) is 0 Å². The highest BCUT2D eigenvalue weighted by atomic mass is 19.1. The summed E-state index contributed by atoms with van der Waals surface area (Å²) in [5.41, 5.74) is 5.42. The summed E-state index contributed by atoms with van der Waals surface area (Å²) < 4.78 is 26.9. The summed E-state index contributed by atoms with van der Waals surface area (Å²) in [4.78, 5) is 18.1. The van der Waals surface area contributed by atoms with Gasteiger partial charge in [0.25, 0.3) is 0 Å². The summed E-state index contributed by atoms with van der Waals surface area (Å²) >= 11 is 0. The number of aliphatic carboxylic acids is 1. The van der Waals surface area contributed by atoms with Crippen molar-refractivity contribution in [1.82, 2.24) is 9.88 Å². The molecule has 2 heterocycles. The quantitative estimate of drug-likeness (QED) is 0.294. The van der Waals surface area contributed by atoms with E-state index in [2.05, 4.69) is 62.0 Å². The average Bonchev–Trinajstić information content (AvgIpc) is 3.78. The molecule has 5 rings (SSSR count). The van der Waals surface area contributed by atoms with Crippen molar-refractivity contribution in [3.05, 3.63) is 76.7 Å². The van der Waals surface area contributed by atoms with E-state index in [0.717, 1.165) is 59.3 Å². The first-order chi connectivity index (χ1) is 19.5. The number of benzene rings is 2. The molecule has 2 aliphatic rings. The molecule has 1 aliphatic carbocycles. The molecule has 2 aromatic carbocycles. The second-order valence-corrected chi connectivity index (χ2v) is 12.7. The Morgan fingerprint density at radius 1 is 1.15 bits per heavy atom. The van der Waals surface area contributed by atoms with E-state index in [0.29, 0.717) is 23.9 Å². The number of aryl methyl sites for hydroxylation is 1. The summed E-state index contributed by atoms with van der Waals surface area (Å²) in [6.07, 6.45) is 4.90. The van der Waals surface area contributed by atoms with E-state index in [1.54, 1.807) is 6.07 Å². The summed E-state index contributed by atoms with van der Waals surface area (Å²) in [5, 5.41) is 9.74. The third-order valence-electron chi connectivity index (χ3n) is 8.86. The summed E-state index contributed by atoms with van der Waals surface area (Å²) in [6, 6.07) is 14.1. The predicted molar refractivity (Wildman–Crippen MR) is 158 cm³/mol. The van der Waals surface area contributed by atoms with E-state index >= 15 is 4.39 Å². The molecular weight excluding hydrogens is 519 g/mol. The maximum atomic E-state index is 15.0. The van der Waals surface area contributed by atoms with Gasteiger partial charge in [-0.2, -0.15) is 0 Å². The number of ether oxygens (including phenoxy) is 2. The number of rotatable bonds is 9. The number of nitrogens with zero attached hydrogens (tertiary/aromatic N) is 2. The Kier molecular flexibility index (Phi) is 8.11.